The van der Waals surface area contributed by atoms with Crippen molar-refractivity contribution < 1.29 is 0 Å². The van der Waals surface area contributed by atoms with E-state index >= 15 is 0 Å². The van der Waals surface area contributed by atoms with Gasteiger partial charge in [0.1, 0.15) is 0 Å². The highest BCUT2D eigenvalue weighted by Gasteiger charge is 2.30. The van der Waals surface area contributed by atoms with Gasteiger partial charge in [-0.2, -0.15) is 0 Å². The SMILES string of the molecule is C=CCN(CC=C)[C@H]1Cc2ccccc2[C@H](c2ccccc2)C1. The van der Waals surface area contributed by atoms with Gasteiger partial charge in [-0.1, -0.05) is 66.7 Å². The largest absolute Gasteiger partial charge is 0.293 e. The van der Waals surface area contributed by atoms with Crippen molar-refractivity contribution in [3.8, 4) is 0 Å². The maximum Gasteiger partial charge on any atom is 0.0166 e. The molecule has 118 valence electrons. The molecule has 1 aliphatic rings. The fourth-order valence-corrected chi connectivity index (χ4v) is 3.78. The topological polar surface area (TPSA) is 3.24 Å². The lowest BCUT2D eigenvalue weighted by molar-refractivity contribution is 0.212. The number of hydrogen-bond acceptors (Lipinski definition) is 1. The molecule has 1 heteroatoms. The second-order valence-corrected chi connectivity index (χ2v) is 6.29. The van der Waals surface area contributed by atoms with E-state index in [0.717, 1.165) is 25.9 Å². The molecule has 1 nitrogen and oxygen atoms in total. The first-order valence-corrected chi connectivity index (χ1v) is 8.42. The van der Waals surface area contributed by atoms with Crippen LogP contribution in [0.5, 0.6) is 0 Å². The van der Waals surface area contributed by atoms with E-state index in [1.807, 2.05) is 12.2 Å². The van der Waals surface area contributed by atoms with Crippen molar-refractivity contribution in [2.45, 2.75) is 24.8 Å². The van der Waals surface area contributed by atoms with Crippen LogP contribution in [-0.2, 0) is 6.42 Å². The number of hydrogen-bond donors (Lipinski definition) is 0. The van der Waals surface area contributed by atoms with E-state index in [9.17, 15) is 0 Å². The maximum atomic E-state index is 3.92. The first kappa shape index (κ1) is 15.8. The van der Waals surface area contributed by atoms with Gasteiger partial charge in [0.15, 0.2) is 0 Å². The van der Waals surface area contributed by atoms with Crippen LogP contribution in [0.3, 0.4) is 0 Å². The van der Waals surface area contributed by atoms with Crippen LogP contribution in [0.4, 0.5) is 0 Å². The molecule has 0 radical (unpaired) electrons. The maximum absolute atomic E-state index is 3.92. The second-order valence-electron chi connectivity index (χ2n) is 6.29. The summed E-state index contributed by atoms with van der Waals surface area (Å²) < 4.78 is 0. The smallest absolute Gasteiger partial charge is 0.0166 e. The second kappa shape index (κ2) is 7.43. The number of benzene rings is 2. The zero-order valence-corrected chi connectivity index (χ0v) is 13.7. The van der Waals surface area contributed by atoms with E-state index < -0.39 is 0 Å². The lowest BCUT2D eigenvalue weighted by Crippen LogP contribution is -2.40. The van der Waals surface area contributed by atoms with Crippen LogP contribution >= 0.6 is 0 Å². The molecule has 0 spiro atoms. The molecule has 2 aromatic rings. The molecule has 0 fully saturated rings. The summed E-state index contributed by atoms with van der Waals surface area (Å²) in [4.78, 5) is 2.49. The molecule has 0 N–H and O–H groups in total. The zero-order chi connectivity index (χ0) is 16.1. The summed E-state index contributed by atoms with van der Waals surface area (Å²) in [5.74, 6) is 0.475. The summed E-state index contributed by atoms with van der Waals surface area (Å²) in [7, 11) is 0. The minimum absolute atomic E-state index is 0.475. The third-order valence-corrected chi connectivity index (χ3v) is 4.84. The molecule has 0 amide bonds. The lowest BCUT2D eigenvalue weighted by Gasteiger charge is -2.38. The van der Waals surface area contributed by atoms with Crippen molar-refractivity contribution in [1.29, 1.82) is 0 Å². The Bertz CT molecular complexity index is 649. The summed E-state index contributed by atoms with van der Waals surface area (Å²) in [6, 6.07) is 20.4. The molecule has 0 saturated carbocycles. The molecule has 0 aromatic heterocycles. The van der Waals surface area contributed by atoms with E-state index in [4.69, 9.17) is 0 Å². The number of rotatable bonds is 6. The van der Waals surface area contributed by atoms with Gasteiger partial charge in [0.2, 0.25) is 0 Å². The summed E-state index contributed by atoms with van der Waals surface area (Å²) >= 11 is 0. The fraction of sp³-hybridized carbons (Fsp3) is 0.273. The van der Waals surface area contributed by atoms with Crippen molar-refractivity contribution in [3.05, 3.63) is 96.6 Å². The third-order valence-electron chi connectivity index (χ3n) is 4.84. The van der Waals surface area contributed by atoms with Gasteiger partial charge in [-0.15, -0.1) is 13.2 Å². The van der Waals surface area contributed by atoms with Gasteiger partial charge in [-0.3, -0.25) is 4.90 Å². The minimum atomic E-state index is 0.475. The number of nitrogens with zero attached hydrogens (tertiary/aromatic N) is 1. The predicted octanol–water partition coefficient (Wildman–Crippen LogP) is 4.81. The Balaban J connectivity index is 1.95. The molecule has 0 unspecified atom stereocenters. The van der Waals surface area contributed by atoms with Crippen LogP contribution < -0.4 is 0 Å². The Labute approximate surface area is 140 Å². The summed E-state index contributed by atoms with van der Waals surface area (Å²) in [6.07, 6.45) is 6.27. The van der Waals surface area contributed by atoms with Gasteiger partial charge >= 0.3 is 0 Å². The van der Waals surface area contributed by atoms with Crippen LogP contribution in [0.1, 0.15) is 29.0 Å². The molecule has 0 aliphatic heterocycles. The van der Waals surface area contributed by atoms with Crippen molar-refractivity contribution in [2.24, 2.45) is 0 Å². The Morgan fingerprint density at radius 2 is 1.57 bits per heavy atom. The Kier molecular flexibility index (Phi) is 5.09. The number of fused-ring (bicyclic) bond motifs is 1. The van der Waals surface area contributed by atoms with Gasteiger partial charge in [-0.25, -0.2) is 0 Å². The predicted molar refractivity (Wildman–Crippen MR) is 98.8 cm³/mol. The van der Waals surface area contributed by atoms with Crippen molar-refractivity contribution in [3.63, 3.8) is 0 Å². The molecule has 0 heterocycles. The third kappa shape index (κ3) is 3.46. The normalized spacial score (nSPS) is 20.0. The highest BCUT2D eigenvalue weighted by molar-refractivity contribution is 5.41. The van der Waals surface area contributed by atoms with Crippen molar-refractivity contribution in [2.75, 3.05) is 13.1 Å². The first-order valence-electron chi connectivity index (χ1n) is 8.42. The summed E-state index contributed by atoms with van der Waals surface area (Å²) in [5, 5.41) is 0. The van der Waals surface area contributed by atoms with E-state index in [0.29, 0.717) is 12.0 Å². The van der Waals surface area contributed by atoms with Crippen molar-refractivity contribution >= 4 is 0 Å². The quantitative estimate of drug-likeness (QED) is 0.692. The molecule has 2 aromatic carbocycles. The summed E-state index contributed by atoms with van der Waals surface area (Å²) in [5.41, 5.74) is 4.39. The molecule has 23 heavy (non-hydrogen) atoms. The standard InChI is InChI=1S/C22H25N/c1-3-14-23(15-4-2)20-16-19-12-8-9-13-21(19)22(17-20)18-10-6-5-7-11-18/h3-13,20,22H,1-2,14-17H2/t20-,22-/m0/s1. The van der Waals surface area contributed by atoms with E-state index in [2.05, 4.69) is 72.7 Å². The van der Waals surface area contributed by atoms with Crippen LogP contribution in [0.15, 0.2) is 79.9 Å². The van der Waals surface area contributed by atoms with Gasteiger partial charge in [0, 0.05) is 25.0 Å². The molecular formula is C22H25N. The van der Waals surface area contributed by atoms with Crippen LogP contribution in [0.25, 0.3) is 0 Å². The molecular weight excluding hydrogens is 278 g/mol. The van der Waals surface area contributed by atoms with Crippen LogP contribution in [0.2, 0.25) is 0 Å². The molecule has 3 rings (SSSR count). The van der Waals surface area contributed by atoms with Gasteiger partial charge in [-0.05, 0) is 29.5 Å². The van der Waals surface area contributed by atoms with Gasteiger partial charge < -0.3 is 0 Å². The highest BCUT2D eigenvalue weighted by Crippen LogP contribution is 2.38. The van der Waals surface area contributed by atoms with E-state index in [1.54, 1.807) is 0 Å². The molecule has 0 saturated heterocycles. The Morgan fingerprint density at radius 1 is 0.913 bits per heavy atom. The monoisotopic (exact) mass is 303 g/mol. The highest BCUT2D eigenvalue weighted by atomic mass is 15.1. The average Bonchev–Trinajstić information content (AvgIpc) is 2.61. The minimum Gasteiger partial charge on any atom is -0.293 e. The van der Waals surface area contributed by atoms with Gasteiger partial charge in [0.05, 0.1) is 0 Å². The zero-order valence-electron chi connectivity index (χ0n) is 13.7. The van der Waals surface area contributed by atoms with Crippen molar-refractivity contribution in [1.82, 2.24) is 4.90 Å². The Morgan fingerprint density at radius 3 is 2.26 bits per heavy atom. The summed E-state index contributed by atoms with van der Waals surface area (Å²) in [6.45, 7) is 9.68. The van der Waals surface area contributed by atoms with E-state index in [-0.39, 0.29) is 0 Å². The van der Waals surface area contributed by atoms with Gasteiger partial charge in [0.25, 0.3) is 0 Å². The van der Waals surface area contributed by atoms with Crippen LogP contribution in [-0.4, -0.2) is 24.0 Å². The van der Waals surface area contributed by atoms with E-state index in [1.165, 1.54) is 16.7 Å². The lowest BCUT2D eigenvalue weighted by atomic mass is 9.76. The average molecular weight is 303 g/mol. The molecule has 2 atom stereocenters. The fourth-order valence-electron chi connectivity index (χ4n) is 3.78. The molecule has 1 aliphatic carbocycles. The Hall–Kier alpha value is -2.12. The first-order chi connectivity index (χ1) is 11.3. The molecule has 0 bridgehead atoms. The van der Waals surface area contributed by atoms with Crippen LogP contribution in [0, 0.1) is 0 Å².